The maximum absolute atomic E-state index is 12.2. The minimum Gasteiger partial charge on any atom is -0.389 e. The average Bonchev–Trinajstić information content (AvgIpc) is 2.54. The average molecular weight is 345 g/mol. The van der Waals surface area contributed by atoms with Crippen LogP contribution in [0.2, 0.25) is 5.02 Å². The number of hydrogen-bond acceptors (Lipinski definition) is 3. The quantitative estimate of drug-likeness (QED) is 0.750. The summed E-state index contributed by atoms with van der Waals surface area (Å²) >= 11 is 5.84. The molecule has 0 unspecified atom stereocenters. The van der Waals surface area contributed by atoms with Crippen molar-refractivity contribution in [2.75, 3.05) is 11.9 Å². The van der Waals surface area contributed by atoms with Crippen molar-refractivity contribution in [2.24, 2.45) is 0 Å². The van der Waals surface area contributed by atoms with Gasteiger partial charge in [0.15, 0.2) is 0 Å². The van der Waals surface area contributed by atoms with E-state index in [-0.39, 0.29) is 5.91 Å². The van der Waals surface area contributed by atoms with Crippen LogP contribution in [0, 0.1) is 0 Å². The fourth-order valence-corrected chi connectivity index (χ4v) is 2.89. The van der Waals surface area contributed by atoms with E-state index in [4.69, 9.17) is 11.6 Å². The predicted octanol–water partition coefficient (Wildman–Crippen LogP) is 3.60. The molecular formula is C19H21ClN2O2. The minimum absolute atomic E-state index is 0.166. The van der Waals surface area contributed by atoms with Gasteiger partial charge in [-0.2, -0.15) is 0 Å². The summed E-state index contributed by atoms with van der Waals surface area (Å²) in [5.74, 6) is -0.166. The first-order chi connectivity index (χ1) is 11.5. The number of halogens is 1. The smallest absolute Gasteiger partial charge is 0.255 e. The third-order valence-corrected chi connectivity index (χ3v) is 4.61. The van der Waals surface area contributed by atoms with E-state index >= 15 is 0 Å². The van der Waals surface area contributed by atoms with E-state index in [1.165, 1.54) is 0 Å². The molecule has 1 saturated carbocycles. The van der Waals surface area contributed by atoms with Crippen LogP contribution >= 0.6 is 11.6 Å². The van der Waals surface area contributed by atoms with Gasteiger partial charge in [0, 0.05) is 29.4 Å². The second-order valence-electron chi connectivity index (χ2n) is 6.34. The molecule has 0 saturated heterocycles. The van der Waals surface area contributed by atoms with Crippen LogP contribution in [-0.4, -0.2) is 23.2 Å². The molecule has 0 spiro atoms. The summed E-state index contributed by atoms with van der Waals surface area (Å²) in [5.41, 5.74) is 1.85. The van der Waals surface area contributed by atoms with Crippen molar-refractivity contribution in [1.29, 1.82) is 0 Å². The zero-order valence-corrected chi connectivity index (χ0v) is 14.1. The highest BCUT2D eigenvalue weighted by molar-refractivity contribution is 6.30. The van der Waals surface area contributed by atoms with Crippen LogP contribution in [-0.2, 0) is 6.54 Å². The zero-order chi connectivity index (χ0) is 17.0. The van der Waals surface area contributed by atoms with Crippen LogP contribution < -0.4 is 10.6 Å². The number of amides is 1. The van der Waals surface area contributed by atoms with Gasteiger partial charge in [-0.1, -0.05) is 23.7 Å². The van der Waals surface area contributed by atoms with Gasteiger partial charge < -0.3 is 15.7 Å². The molecule has 0 aliphatic heterocycles. The molecule has 2 aromatic carbocycles. The number of aliphatic hydroxyl groups is 1. The lowest BCUT2D eigenvalue weighted by Crippen LogP contribution is -2.45. The fourth-order valence-electron chi connectivity index (χ4n) is 2.76. The van der Waals surface area contributed by atoms with Crippen LogP contribution in [0.15, 0.2) is 48.5 Å². The highest BCUT2D eigenvalue weighted by Crippen LogP contribution is 2.30. The van der Waals surface area contributed by atoms with Gasteiger partial charge in [0.25, 0.3) is 5.91 Å². The topological polar surface area (TPSA) is 61.4 Å². The van der Waals surface area contributed by atoms with Crippen molar-refractivity contribution >= 4 is 23.2 Å². The third-order valence-electron chi connectivity index (χ3n) is 4.36. The maximum Gasteiger partial charge on any atom is 0.255 e. The number of anilines is 1. The van der Waals surface area contributed by atoms with Gasteiger partial charge in [-0.25, -0.2) is 0 Å². The summed E-state index contributed by atoms with van der Waals surface area (Å²) in [7, 11) is 0. The molecule has 3 rings (SSSR count). The Bertz CT molecular complexity index is 712. The van der Waals surface area contributed by atoms with E-state index in [2.05, 4.69) is 10.6 Å². The molecule has 126 valence electrons. The van der Waals surface area contributed by atoms with Gasteiger partial charge in [-0.3, -0.25) is 4.79 Å². The Kier molecular flexibility index (Phi) is 5.19. The van der Waals surface area contributed by atoms with E-state index < -0.39 is 5.60 Å². The Morgan fingerprint density at radius 1 is 1.17 bits per heavy atom. The van der Waals surface area contributed by atoms with Gasteiger partial charge in [-0.05, 0) is 61.2 Å². The molecule has 1 aliphatic rings. The SMILES string of the molecule is O=C(Nc1cccc(CNCC2(O)CCC2)c1)c1ccc(Cl)cc1. The van der Waals surface area contributed by atoms with E-state index in [1.807, 2.05) is 24.3 Å². The van der Waals surface area contributed by atoms with E-state index in [0.717, 1.165) is 30.5 Å². The Balaban J connectivity index is 1.56. The largest absolute Gasteiger partial charge is 0.389 e. The second-order valence-corrected chi connectivity index (χ2v) is 6.78. The molecule has 0 bridgehead atoms. The summed E-state index contributed by atoms with van der Waals surface area (Å²) in [6, 6.07) is 14.5. The summed E-state index contributed by atoms with van der Waals surface area (Å²) in [5, 5.41) is 16.9. The number of benzene rings is 2. The summed E-state index contributed by atoms with van der Waals surface area (Å²) < 4.78 is 0. The van der Waals surface area contributed by atoms with E-state index in [9.17, 15) is 9.90 Å². The van der Waals surface area contributed by atoms with Crippen LogP contribution in [0.3, 0.4) is 0 Å². The minimum atomic E-state index is -0.527. The molecule has 0 heterocycles. The van der Waals surface area contributed by atoms with Crippen LogP contribution in [0.5, 0.6) is 0 Å². The molecule has 5 heteroatoms. The van der Waals surface area contributed by atoms with Crippen molar-refractivity contribution < 1.29 is 9.90 Å². The molecule has 0 radical (unpaired) electrons. The monoisotopic (exact) mass is 344 g/mol. The molecule has 1 amide bonds. The van der Waals surface area contributed by atoms with Crippen molar-refractivity contribution in [3.63, 3.8) is 0 Å². The molecule has 0 aromatic heterocycles. The van der Waals surface area contributed by atoms with Gasteiger partial charge in [0.2, 0.25) is 0 Å². The fraction of sp³-hybridized carbons (Fsp3) is 0.316. The number of rotatable bonds is 6. The predicted molar refractivity (Wildman–Crippen MR) is 96.4 cm³/mol. The summed E-state index contributed by atoms with van der Waals surface area (Å²) in [6.45, 7) is 1.27. The van der Waals surface area contributed by atoms with Crippen LogP contribution in [0.25, 0.3) is 0 Å². The summed E-state index contributed by atoms with van der Waals surface area (Å²) in [4.78, 5) is 12.2. The van der Waals surface area contributed by atoms with E-state index in [1.54, 1.807) is 24.3 Å². The van der Waals surface area contributed by atoms with Gasteiger partial charge in [0.05, 0.1) is 5.60 Å². The Hall–Kier alpha value is -1.88. The Labute approximate surface area is 146 Å². The van der Waals surface area contributed by atoms with Gasteiger partial charge in [0.1, 0.15) is 0 Å². The van der Waals surface area contributed by atoms with Crippen molar-refractivity contribution in [3.05, 3.63) is 64.7 Å². The normalized spacial score (nSPS) is 15.6. The lowest BCUT2D eigenvalue weighted by atomic mass is 9.80. The van der Waals surface area contributed by atoms with Gasteiger partial charge >= 0.3 is 0 Å². The molecule has 1 aliphatic carbocycles. The molecule has 0 atom stereocenters. The van der Waals surface area contributed by atoms with Crippen LogP contribution in [0.4, 0.5) is 5.69 Å². The number of nitrogens with one attached hydrogen (secondary N) is 2. The first-order valence-corrected chi connectivity index (χ1v) is 8.51. The first kappa shape index (κ1) is 17.0. The number of carbonyl (C=O) groups excluding carboxylic acids is 1. The molecule has 4 nitrogen and oxygen atoms in total. The third kappa shape index (κ3) is 4.35. The lowest BCUT2D eigenvalue weighted by Gasteiger charge is -2.36. The van der Waals surface area contributed by atoms with Crippen molar-refractivity contribution in [2.45, 2.75) is 31.4 Å². The van der Waals surface area contributed by atoms with Crippen molar-refractivity contribution in [3.8, 4) is 0 Å². The molecule has 3 N–H and O–H groups in total. The Morgan fingerprint density at radius 3 is 2.58 bits per heavy atom. The summed E-state index contributed by atoms with van der Waals surface area (Å²) in [6.07, 6.45) is 2.85. The number of hydrogen-bond donors (Lipinski definition) is 3. The standard InChI is InChI=1S/C19H21ClN2O2/c20-16-7-5-15(6-8-16)18(23)22-17-4-1-3-14(11-17)12-21-13-19(24)9-2-10-19/h1,3-8,11,21,24H,2,9-10,12-13H2,(H,22,23). The highest BCUT2D eigenvalue weighted by Gasteiger charge is 2.33. The molecular weight excluding hydrogens is 324 g/mol. The highest BCUT2D eigenvalue weighted by atomic mass is 35.5. The molecule has 24 heavy (non-hydrogen) atoms. The van der Waals surface area contributed by atoms with E-state index in [0.29, 0.717) is 23.7 Å². The number of carbonyl (C=O) groups is 1. The first-order valence-electron chi connectivity index (χ1n) is 8.13. The van der Waals surface area contributed by atoms with Crippen LogP contribution in [0.1, 0.15) is 35.2 Å². The molecule has 2 aromatic rings. The van der Waals surface area contributed by atoms with Gasteiger partial charge in [-0.15, -0.1) is 0 Å². The zero-order valence-electron chi connectivity index (χ0n) is 13.4. The van der Waals surface area contributed by atoms with Crippen molar-refractivity contribution in [1.82, 2.24) is 5.32 Å². The lowest BCUT2D eigenvalue weighted by molar-refractivity contribution is -0.0314. The maximum atomic E-state index is 12.2. The molecule has 1 fully saturated rings. The second kappa shape index (κ2) is 7.34. The Morgan fingerprint density at radius 2 is 1.92 bits per heavy atom.